The first kappa shape index (κ1) is 12.9. The van der Waals surface area contributed by atoms with Crippen molar-refractivity contribution in [1.82, 2.24) is 5.48 Å². The summed E-state index contributed by atoms with van der Waals surface area (Å²) in [6.45, 7) is -0.257. The molecular weight excluding hydrogens is 244 g/mol. The van der Waals surface area contributed by atoms with E-state index in [1.165, 1.54) is 38.5 Å². The number of hydrogen-bond donors (Lipinski definition) is 2. The van der Waals surface area contributed by atoms with E-state index in [-0.39, 0.29) is 17.9 Å². The highest BCUT2D eigenvalue weighted by atomic mass is 16.7. The number of amides is 2. The minimum Gasteiger partial charge on any atom is -0.368 e. The predicted molar refractivity (Wildman–Crippen MR) is 68.5 cm³/mol. The number of hydroxylamine groups is 1. The van der Waals surface area contributed by atoms with Crippen LogP contribution in [0.25, 0.3) is 0 Å². The van der Waals surface area contributed by atoms with E-state index >= 15 is 0 Å². The van der Waals surface area contributed by atoms with E-state index in [2.05, 4.69) is 5.48 Å². The molecule has 0 aromatic carbocycles. The molecule has 0 aliphatic heterocycles. The molecule has 4 saturated carbocycles. The molecule has 0 aromatic heterocycles. The van der Waals surface area contributed by atoms with Crippen molar-refractivity contribution in [1.29, 1.82) is 0 Å². The zero-order valence-electron chi connectivity index (χ0n) is 11.2. The van der Waals surface area contributed by atoms with Gasteiger partial charge in [0.05, 0.1) is 0 Å². The van der Waals surface area contributed by atoms with Gasteiger partial charge in [-0.15, -0.1) is 0 Å². The smallest absolute Gasteiger partial charge is 0.246 e. The van der Waals surface area contributed by atoms with Gasteiger partial charge in [0, 0.05) is 6.42 Å². The summed E-state index contributed by atoms with van der Waals surface area (Å²) in [4.78, 5) is 27.3. The summed E-state index contributed by atoms with van der Waals surface area (Å²) in [5.41, 5.74) is 7.50. The van der Waals surface area contributed by atoms with E-state index < -0.39 is 5.91 Å². The van der Waals surface area contributed by atoms with Crippen molar-refractivity contribution in [3.8, 4) is 0 Å². The number of carbonyl (C=O) groups is 2. The number of carbonyl (C=O) groups excluding carboxylic acids is 2. The van der Waals surface area contributed by atoms with Gasteiger partial charge in [0.1, 0.15) is 0 Å². The van der Waals surface area contributed by atoms with Gasteiger partial charge in [-0.3, -0.25) is 14.4 Å². The van der Waals surface area contributed by atoms with E-state index in [1.54, 1.807) is 0 Å². The van der Waals surface area contributed by atoms with Gasteiger partial charge in [0.25, 0.3) is 0 Å². The molecule has 0 unspecified atom stereocenters. The van der Waals surface area contributed by atoms with Crippen molar-refractivity contribution < 1.29 is 14.4 Å². The Kier molecular flexibility index (Phi) is 3.25. The third-order valence-corrected chi connectivity index (χ3v) is 5.10. The molecule has 4 fully saturated rings. The minimum absolute atomic E-state index is 0.108. The number of rotatable bonds is 5. The second kappa shape index (κ2) is 4.78. The van der Waals surface area contributed by atoms with Crippen LogP contribution in [0.15, 0.2) is 0 Å². The van der Waals surface area contributed by atoms with Gasteiger partial charge in [0.15, 0.2) is 6.61 Å². The number of hydrogen-bond acceptors (Lipinski definition) is 3. The molecule has 0 spiro atoms. The van der Waals surface area contributed by atoms with Crippen LogP contribution in [0.5, 0.6) is 0 Å². The summed E-state index contributed by atoms with van der Waals surface area (Å²) in [6.07, 6.45) is 8.25. The average Bonchev–Trinajstić information content (AvgIpc) is 2.25. The second-order valence-corrected chi connectivity index (χ2v) is 6.87. The summed E-state index contributed by atoms with van der Waals surface area (Å²) in [6, 6.07) is 0. The van der Waals surface area contributed by atoms with E-state index in [1.807, 2.05) is 0 Å². The van der Waals surface area contributed by atoms with Gasteiger partial charge in [0.2, 0.25) is 11.8 Å². The summed E-state index contributed by atoms with van der Waals surface area (Å²) in [7, 11) is 0. The Bertz CT molecular complexity index is 359. The van der Waals surface area contributed by atoms with Crippen LogP contribution >= 0.6 is 0 Å². The highest BCUT2D eigenvalue weighted by molar-refractivity contribution is 5.77. The van der Waals surface area contributed by atoms with Crippen LogP contribution in [0.1, 0.15) is 44.9 Å². The van der Waals surface area contributed by atoms with Crippen LogP contribution in [-0.4, -0.2) is 18.4 Å². The van der Waals surface area contributed by atoms with E-state index in [4.69, 9.17) is 10.6 Å². The normalized spacial score (nSPS) is 39.3. The lowest BCUT2D eigenvalue weighted by Crippen LogP contribution is -2.48. The molecule has 5 nitrogen and oxygen atoms in total. The Labute approximate surface area is 113 Å². The average molecular weight is 266 g/mol. The Morgan fingerprint density at radius 2 is 1.63 bits per heavy atom. The molecule has 2 amide bonds. The van der Waals surface area contributed by atoms with Crippen LogP contribution in [0.3, 0.4) is 0 Å². The largest absolute Gasteiger partial charge is 0.368 e. The Balaban J connectivity index is 1.54. The Hall–Kier alpha value is -1.10. The molecule has 4 aliphatic carbocycles. The lowest BCUT2D eigenvalue weighted by molar-refractivity contribution is -0.144. The van der Waals surface area contributed by atoms with Gasteiger partial charge >= 0.3 is 0 Å². The van der Waals surface area contributed by atoms with Crippen LogP contribution in [-0.2, 0) is 14.4 Å². The summed E-state index contributed by atoms with van der Waals surface area (Å²) in [5.74, 6) is 1.83. The first-order chi connectivity index (χ1) is 9.05. The molecule has 4 aliphatic rings. The molecule has 0 aromatic rings. The van der Waals surface area contributed by atoms with Crippen molar-refractivity contribution in [2.75, 3.05) is 6.61 Å². The summed E-state index contributed by atoms with van der Waals surface area (Å²) < 4.78 is 0. The summed E-state index contributed by atoms with van der Waals surface area (Å²) >= 11 is 0. The highest BCUT2D eigenvalue weighted by Crippen LogP contribution is 2.61. The van der Waals surface area contributed by atoms with Crippen LogP contribution in [0.4, 0.5) is 0 Å². The van der Waals surface area contributed by atoms with Crippen LogP contribution in [0, 0.1) is 23.2 Å². The Morgan fingerprint density at radius 3 is 2.11 bits per heavy atom. The zero-order valence-corrected chi connectivity index (χ0v) is 11.2. The van der Waals surface area contributed by atoms with Gasteiger partial charge in [-0.2, -0.15) is 0 Å². The topological polar surface area (TPSA) is 81.4 Å². The van der Waals surface area contributed by atoms with Crippen molar-refractivity contribution in [3.63, 3.8) is 0 Å². The standard InChI is InChI=1S/C14H22N2O3/c15-12(17)8-19-16-13(18)7-14-4-9-1-10(5-14)3-11(2-9)6-14/h9-11H,1-8H2,(H2,15,17)(H,16,18). The van der Waals surface area contributed by atoms with Crippen molar-refractivity contribution in [2.24, 2.45) is 28.9 Å². The number of primary amides is 1. The molecule has 4 bridgehead atoms. The third kappa shape index (κ3) is 2.76. The van der Waals surface area contributed by atoms with Crippen LogP contribution < -0.4 is 11.2 Å². The van der Waals surface area contributed by atoms with Gasteiger partial charge < -0.3 is 5.73 Å². The van der Waals surface area contributed by atoms with Gasteiger partial charge in [-0.25, -0.2) is 5.48 Å². The van der Waals surface area contributed by atoms with E-state index in [0.717, 1.165) is 17.8 Å². The van der Waals surface area contributed by atoms with E-state index in [9.17, 15) is 9.59 Å². The number of nitrogens with one attached hydrogen (secondary N) is 1. The highest BCUT2D eigenvalue weighted by Gasteiger charge is 2.51. The maximum atomic E-state index is 11.9. The maximum absolute atomic E-state index is 11.9. The summed E-state index contributed by atoms with van der Waals surface area (Å²) in [5, 5.41) is 0. The Morgan fingerprint density at radius 1 is 1.11 bits per heavy atom. The molecule has 3 N–H and O–H groups in total. The SMILES string of the molecule is NC(=O)CONC(=O)CC12CC3CC(CC(C3)C1)C2. The fourth-order valence-electron chi connectivity index (χ4n) is 5.07. The first-order valence-corrected chi connectivity index (χ1v) is 7.24. The zero-order chi connectivity index (χ0) is 13.5. The van der Waals surface area contributed by atoms with Crippen LogP contribution in [0.2, 0.25) is 0 Å². The quantitative estimate of drug-likeness (QED) is 0.732. The molecule has 19 heavy (non-hydrogen) atoms. The van der Waals surface area contributed by atoms with Gasteiger partial charge in [-0.1, -0.05) is 0 Å². The van der Waals surface area contributed by atoms with E-state index in [0.29, 0.717) is 6.42 Å². The molecule has 0 atom stereocenters. The van der Waals surface area contributed by atoms with Crippen molar-refractivity contribution >= 4 is 11.8 Å². The molecule has 0 saturated heterocycles. The molecule has 0 radical (unpaired) electrons. The molecule has 106 valence electrons. The first-order valence-electron chi connectivity index (χ1n) is 7.24. The minimum atomic E-state index is -0.574. The molecular formula is C14H22N2O3. The lowest BCUT2D eigenvalue weighted by atomic mass is 9.49. The fraction of sp³-hybridized carbons (Fsp3) is 0.857. The number of nitrogens with two attached hydrogens (primary N) is 1. The molecule has 0 heterocycles. The molecule has 5 heteroatoms. The second-order valence-electron chi connectivity index (χ2n) is 6.87. The van der Waals surface area contributed by atoms with Crippen molar-refractivity contribution in [2.45, 2.75) is 44.9 Å². The lowest BCUT2D eigenvalue weighted by Gasteiger charge is -2.56. The maximum Gasteiger partial charge on any atom is 0.246 e. The van der Waals surface area contributed by atoms with Gasteiger partial charge in [-0.05, 0) is 61.7 Å². The third-order valence-electron chi connectivity index (χ3n) is 5.10. The monoisotopic (exact) mass is 266 g/mol. The van der Waals surface area contributed by atoms with Crippen molar-refractivity contribution in [3.05, 3.63) is 0 Å². The molecule has 4 rings (SSSR count). The predicted octanol–water partition coefficient (Wildman–Crippen LogP) is 1.13. The fourth-order valence-corrected chi connectivity index (χ4v) is 5.07.